The summed E-state index contributed by atoms with van der Waals surface area (Å²) in [6.07, 6.45) is 1.87. The number of hydrogen-bond donors (Lipinski definition) is 2. The van der Waals surface area contributed by atoms with Crippen LogP contribution in [0.2, 0.25) is 0 Å². The zero-order valence-corrected chi connectivity index (χ0v) is 7.31. The summed E-state index contributed by atoms with van der Waals surface area (Å²) in [5, 5.41) is 9.01. The summed E-state index contributed by atoms with van der Waals surface area (Å²) in [4.78, 5) is 10.1. The Morgan fingerprint density at radius 1 is 1.38 bits per heavy atom. The number of nitrogens with two attached hydrogens (primary N) is 1. The van der Waals surface area contributed by atoms with Crippen molar-refractivity contribution in [1.29, 1.82) is 0 Å². The Labute approximate surface area is 77.2 Å². The molecule has 0 radical (unpaired) electrons. The Kier molecular flexibility index (Phi) is 3.46. The molecule has 70 valence electrons. The maximum absolute atomic E-state index is 10.1. The van der Waals surface area contributed by atoms with Crippen molar-refractivity contribution in [2.45, 2.75) is 18.9 Å². The minimum absolute atomic E-state index is 0.123. The fourth-order valence-electron chi connectivity index (χ4n) is 1.14. The van der Waals surface area contributed by atoms with E-state index >= 15 is 0 Å². The molecule has 0 spiro atoms. The van der Waals surface area contributed by atoms with E-state index in [1.807, 2.05) is 0 Å². The summed E-state index contributed by atoms with van der Waals surface area (Å²) in [7, 11) is 0. The van der Waals surface area contributed by atoms with Crippen molar-refractivity contribution >= 4 is 6.29 Å². The van der Waals surface area contributed by atoms with Crippen LogP contribution in [0.3, 0.4) is 0 Å². The molecule has 0 aliphatic rings. The number of aldehydes is 1. The molecule has 3 N–H and O–H groups in total. The lowest BCUT2D eigenvalue weighted by atomic mass is 10.0. The van der Waals surface area contributed by atoms with Gasteiger partial charge in [-0.1, -0.05) is 12.1 Å². The standard InChI is InChI=1S/C10H13NO2/c11-9(5-6-12)7-8-1-3-10(13)4-2-8/h1-4,6,9,13H,5,7,11H2/t9-/m1/s1. The van der Waals surface area contributed by atoms with Gasteiger partial charge in [-0.3, -0.25) is 0 Å². The van der Waals surface area contributed by atoms with Crippen molar-refractivity contribution < 1.29 is 9.90 Å². The molecule has 3 heteroatoms. The molecule has 13 heavy (non-hydrogen) atoms. The molecule has 0 bridgehead atoms. The first-order chi connectivity index (χ1) is 6.22. The molecule has 1 aromatic carbocycles. The van der Waals surface area contributed by atoms with E-state index in [4.69, 9.17) is 10.8 Å². The van der Waals surface area contributed by atoms with Crippen LogP contribution >= 0.6 is 0 Å². The number of carbonyl (C=O) groups excluding carboxylic acids is 1. The van der Waals surface area contributed by atoms with Gasteiger partial charge in [0.15, 0.2) is 0 Å². The van der Waals surface area contributed by atoms with Crippen LogP contribution in [0.1, 0.15) is 12.0 Å². The van der Waals surface area contributed by atoms with Crippen LogP contribution in [0, 0.1) is 0 Å². The highest BCUT2D eigenvalue weighted by atomic mass is 16.3. The van der Waals surface area contributed by atoms with E-state index < -0.39 is 0 Å². The first-order valence-corrected chi connectivity index (χ1v) is 4.19. The third kappa shape index (κ3) is 3.25. The predicted octanol–water partition coefficient (Wildman–Crippen LogP) is 0.851. The minimum Gasteiger partial charge on any atom is -0.508 e. The lowest BCUT2D eigenvalue weighted by Crippen LogP contribution is -2.22. The Hall–Kier alpha value is -1.35. The molecular formula is C10H13NO2. The first kappa shape index (κ1) is 9.74. The third-order valence-corrected chi connectivity index (χ3v) is 1.83. The summed E-state index contributed by atoms with van der Waals surface area (Å²) in [6.45, 7) is 0. The summed E-state index contributed by atoms with van der Waals surface area (Å²) in [5.74, 6) is 0.243. The smallest absolute Gasteiger partial charge is 0.121 e. The molecule has 0 heterocycles. The average molecular weight is 179 g/mol. The van der Waals surface area contributed by atoms with Gasteiger partial charge in [0.1, 0.15) is 12.0 Å². The number of benzene rings is 1. The average Bonchev–Trinajstić information content (AvgIpc) is 2.09. The highest BCUT2D eigenvalue weighted by Crippen LogP contribution is 2.11. The molecule has 0 saturated heterocycles. The molecule has 0 saturated carbocycles. The van der Waals surface area contributed by atoms with Crippen molar-refractivity contribution in [3.05, 3.63) is 29.8 Å². The molecule has 0 aromatic heterocycles. The zero-order chi connectivity index (χ0) is 9.68. The maximum Gasteiger partial charge on any atom is 0.121 e. The van der Waals surface area contributed by atoms with Gasteiger partial charge in [0.25, 0.3) is 0 Å². The van der Waals surface area contributed by atoms with Crippen molar-refractivity contribution in [1.82, 2.24) is 0 Å². The predicted molar refractivity (Wildman–Crippen MR) is 50.5 cm³/mol. The summed E-state index contributed by atoms with van der Waals surface area (Å²) < 4.78 is 0. The SMILES string of the molecule is N[C@H](CC=O)Cc1ccc(O)cc1. The lowest BCUT2D eigenvalue weighted by Gasteiger charge is -2.07. The van der Waals surface area contributed by atoms with Crippen LogP contribution in [-0.2, 0) is 11.2 Å². The number of rotatable bonds is 4. The number of aromatic hydroxyl groups is 1. The fourth-order valence-corrected chi connectivity index (χ4v) is 1.14. The van der Waals surface area contributed by atoms with Gasteiger partial charge in [0.2, 0.25) is 0 Å². The molecule has 0 fully saturated rings. The van der Waals surface area contributed by atoms with Crippen molar-refractivity contribution in [3.63, 3.8) is 0 Å². The van der Waals surface area contributed by atoms with Crippen LogP contribution in [0.25, 0.3) is 0 Å². The van der Waals surface area contributed by atoms with E-state index in [-0.39, 0.29) is 11.8 Å². The molecule has 1 atom stereocenters. The Bertz CT molecular complexity index is 269. The fraction of sp³-hybridized carbons (Fsp3) is 0.300. The normalized spacial score (nSPS) is 12.4. The highest BCUT2D eigenvalue weighted by molar-refractivity contribution is 5.50. The molecule has 0 aliphatic carbocycles. The Morgan fingerprint density at radius 2 is 2.00 bits per heavy atom. The number of phenols is 1. The summed E-state index contributed by atoms with van der Waals surface area (Å²) in [6, 6.07) is 6.72. The summed E-state index contributed by atoms with van der Waals surface area (Å²) in [5.41, 5.74) is 6.69. The third-order valence-electron chi connectivity index (χ3n) is 1.83. The highest BCUT2D eigenvalue weighted by Gasteiger charge is 2.02. The largest absolute Gasteiger partial charge is 0.508 e. The van der Waals surface area contributed by atoms with Crippen molar-refractivity contribution in [2.75, 3.05) is 0 Å². The van der Waals surface area contributed by atoms with Crippen molar-refractivity contribution in [2.24, 2.45) is 5.73 Å². The van der Waals surface area contributed by atoms with Gasteiger partial charge in [-0.25, -0.2) is 0 Å². The van der Waals surface area contributed by atoms with Crippen LogP contribution < -0.4 is 5.73 Å². The van der Waals surface area contributed by atoms with Crippen LogP contribution in [0.4, 0.5) is 0 Å². The number of carbonyl (C=O) groups is 1. The molecule has 0 aliphatic heterocycles. The number of hydrogen-bond acceptors (Lipinski definition) is 3. The van der Waals surface area contributed by atoms with Gasteiger partial charge in [-0.2, -0.15) is 0 Å². The van der Waals surface area contributed by atoms with Gasteiger partial charge in [0.05, 0.1) is 0 Å². The topological polar surface area (TPSA) is 63.3 Å². The van der Waals surface area contributed by atoms with Gasteiger partial charge >= 0.3 is 0 Å². The molecule has 1 rings (SSSR count). The first-order valence-electron chi connectivity index (χ1n) is 4.19. The Morgan fingerprint density at radius 3 is 2.54 bits per heavy atom. The molecule has 0 amide bonds. The molecule has 1 aromatic rings. The van der Waals surface area contributed by atoms with E-state index in [0.29, 0.717) is 12.8 Å². The van der Waals surface area contributed by atoms with Gasteiger partial charge in [-0.15, -0.1) is 0 Å². The van der Waals surface area contributed by atoms with Crippen molar-refractivity contribution in [3.8, 4) is 5.75 Å². The quantitative estimate of drug-likeness (QED) is 0.673. The Balaban J connectivity index is 2.53. The molecule has 0 unspecified atom stereocenters. The molecule has 3 nitrogen and oxygen atoms in total. The zero-order valence-electron chi connectivity index (χ0n) is 7.31. The second kappa shape index (κ2) is 4.62. The van der Waals surface area contributed by atoms with E-state index in [9.17, 15) is 4.79 Å². The van der Waals surface area contributed by atoms with Gasteiger partial charge in [0, 0.05) is 12.5 Å². The van der Waals surface area contributed by atoms with Crippen LogP contribution in [-0.4, -0.2) is 17.4 Å². The lowest BCUT2D eigenvalue weighted by molar-refractivity contribution is -0.108. The second-order valence-electron chi connectivity index (χ2n) is 3.03. The monoisotopic (exact) mass is 179 g/mol. The number of phenolic OH excluding ortho intramolecular Hbond substituents is 1. The maximum atomic E-state index is 10.1. The second-order valence-corrected chi connectivity index (χ2v) is 3.03. The summed E-state index contributed by atoms with van der Waals surface area (Å²) >= 11 is 0. The van der Waals surface area contributed by atoms with E-state index in [1.54, 1.807) is 24.3 Å². The van der Waals surface area contributed by atoms with E-state index in [1.165, 1.54) is 0 Å². The minimum atomic E-state index is -0.123. The van der Waals surface area contributed by atoms with E-state index in [2.05, 4.69) is 0 Å². The molecular weight excluding hydrogens is 166 g/mol. The van der Waals surface area contributed by atoms with Gasteiger partial charge in [-0.05, 0) is 24.1 Å². The van der Waals surface area contributed by atoms with E-state index in [0.717, 1.165) is 11.8 Å². The van der Waals surface area contributed by atoms with Gasteiger partial charge < -0.3 is 15.6 Å². The van der Waals surface area contributed by atoms with Crippen LogP contribution in [0.15, 0.2) is 24.3 Å². The van der Waals surface area contributed by atoms with Crippen LogP contribution in [0.5, 0.6) is 5.75 Å².